The third kappa shape index (κ3) is 3.89. The van der Waals surface area contributed by atoms with E-state index in [1.54, 1.807) is 0 Å². The molecule has 218 valence electrons. The van der Waals surface area contributed by atoms with Crippen molar-refractivity contribution in [3.63, 3.8) is 0 Å². The minimum absolute atomic E-state index is 0.991. The van der Waals surface area contributed by atoms with Gasteiger partial charge in [-0.1, -0.05) is 133 Å². The van der Waals surface area contributed by atoms with Crippen molar-refractivity contribution in [3.8, 4) is 33.4 Å². The minimum Gasteiger partial charge on any atom is -0.306 e. The smallest absolute Gasteiger partial charge is 0.0871 e. The molecule has 2 heterocycles. The molecule has 0 radical (unpaired) electrons. The van der Waals surface area contributed by atoms with Gasteiger partial charge in [0.05, 0.1) is 28.3 Å². The number of rotatable bonds is 3. The third-order valence-electron chi connectivity index (χ3n) is 9.77. The topological polar surface area (TPSA) is 17.3 Å². The van der Waals surface area contributed by atoms with Crippen LogP contribution in [0.3, 0.4) is 0 Å². The highest BCUT2D eigenvalue weighted by molar-refractivity contribution is 6.22. The average Bonchev–Trinajstić information content (AvgIpc) is 3.48. The molecule has 0 aliphatic carbocycles. The fraction of sp³-hybridized carbons (Fsp3) is 0. The van der Waals surface area contributed by atoms with Gasteiger partial charge in [0.15, 0.2) is 0 Å². The Labute approximate surface area is 271 Å². The van der Waals surface area contributed by atoms with Gasteiger partial charge >= 0.3 is 0 Å². The van der Waals surface area contributed by atoms with E-state index in [0.717, 1.165) is 16.6 Å². The maximum Gasteiger partial charge on any atom is 0.0871 e. The van der Waals surface area contributed by atoms with Crippen molar-refractivity contribution in [2.45, 2.75) is 0 Å². The molecule has 0 atom stereocenters. The molecular formula is C45H28N2. The molecule has 2 heteroatoms. The second-order valence-corrected chi connectivity index (χ2v) is 12.3. The highest BCUT2D eigenvalue weighted by Crippen LogP contribution is 2.45. The Kier molecular flexibility index (Phi) is 5.61. The monoisotopic (exact) mass is 596 g/mol. The fourth-order valence-electron chi connectivity index (χ4n) is 7.76. The molecule has 10 rings (SSSR count). The van der Waals surface area contributed by atoms with Crippen LogP contribution >= 0.6 is 0 Å². The van der Waals surface area contributed by atoms with Crippen LogP contribution in [0, 0.1) is 0 Å². The molecule has 0 saturated carbocycles. The summed E-state index contributed by atoms with van der Waals surface area (Å²) in [5, 5.41) is 8.77. The van der Waals surface area contributed by atoms with Crippen LogP contribution in [0.5, 0.6) is 0 Å². The molecule has 8 aromatic carbocycles. The Bertz CT molecular complexity index is 2800. The number of benzene rings is 8. The maximum atomic E-state index is 4.89. The summed E-state index contributed by atoms with van der Waals surface area (Å²) in [6.45, 7) is 0. The van der Waals surface area contributed by atoms with Gasteiger partial charge in [0.2, 0.25) is 0 Å². The Balaban J connectivity index is 1.26. The molecule has 47 heavy (non-hydrogen) atoms. The van der Waals surface area contributed by atoms with Gasteiger partial charge in [-0.15, -0.1) is 0 Å². The molecule has 0 amide bonds. The van der Waals surface area contributed by atoms with Gasteiger partial charge in [0.25, 0.3) is 0 Å². The normalized spacial score (nSPS) is 11.8. The zero-order valence-electron chi connectivity index (χ0n) is 25.6. The van der Waals surface area contributed by atoms with Gasteiger partial charge in [-0.3, -0.25) is 4.98 Å². The van der Waals surface area contributed by atoms with Gasteiger partial charge in [0.1, 0.15) is 0 Å². The summed E-state index contributed by atoms with van der Waals surface area (Å²) in [5.41, 5.74) is 11.8. The summed E-state index contributed by atoms with van der Waals surface area (Å²) in [4.78, 5) is 4.89. The Morgan fingerprint density at radius 2 is 0.872 bits per heavy atom. The van der Waals surface area contributed by atoms with Crippen molar-refractivity contribution in [2.75, 3.05) is 0 Å². The van der Waals surface area contributed by atoms with Crippen molar-refractivity contribution >= 4 is 59.8 Å². The molecule has 0 saturated heterocycles. The fourth-order valence-corrected chi connectivity index (χ4v) is 7.76. The van der Waals surface area contributed by atoms with E-state index in [2.05, 4.69) is 168 Å². The summed E-state index contributed by atoms with van der Waals surface area (Å²) in [5.74, 6) is 0. The third-order valence-corrected chi connectivity index (χ3v) is 9.77. The molecule has 2 nitrogen and oxygen atoms in total. The van der Waals surface area contributed by atoms with Crippen LogP contribution in [0.25, 0.3) is 93.2 Å². The summed E-state index contributed by atoms with van der Waals surface area (Å²) < 4.78 is 2.36. The molecule has 0 fully saturated rings. The first-order chi connectivity index (χ1) is 23.3. The lowest BCUT2D eigenvalue weighted by atomic mass is 9.85. The van der Waals surface area contributed by atoms with E-state index in [1.807, 2.05) is 6.20 Å². The number of aromatic nitrogens is 2. The first-order valence-electron chi connectivity index (χ1n) is 16.1. The molecule has 0 N–H and O–H groups in total. The lowest BCUT2D eigenvalue weighted by molar-refractivity contribution is 1.27. The van der Waals surface area contributed by atoms with Gasteiger partial charge in [0, 0.05) is 10.9 Å². The second kappa shape index (κ2) is 10.1. The van der Waals surface area contributed by atoms with Gasteiger partial charge < -0.3 is 4.40 Å². The van der Waals surface area contributed by atoms with E-state index >= 15 is 0 Å². The highest BCUT2D eigenvalue weighted by atomic mass is 14.9. The first-order valence-corrected chi connectivity index (χ1v) is 16.1. The second-order valence-electron chi connectivity index (χ2n) is 12.3. The van der Waals surface area contributed by atoms with E-state index in [9.17, 15) is 0 Å². The van der Waals surface area contributed by atoms with E-state index in [4.69, 9.17) is 4.98 Å². The van der Waals surface area contributed by atoms with Crippen LogP contribution in [-0.2, 0) is 0 Å². The van der Waals surface area contributed by atoms with Crippen molar-refractivity contribution in [1.82, 2.24) is 9.38 Å². The zero-order valence-corrected chi connectivity index (χ0v) is 25.6. The highest BCUT2D eigenvalue weighted by Gasteiger charge is 2.19. The SMILES string of the molecule is c1cc(-c2c3ccccc3c(-c3ccc4ccccc4c3)c3ccccc23)cc(-c2c3ccccc3n3c2cnc2ccccc23)c1. The lowest BCUT2D eigenvalue weighted by Crippen LogP contribution is -1.92. The Morgan fingerprint density at radius 1 is 0.340 bits per heavy atom. The number of hydrogen-bond acceptors (Lipinski definition) is 1. The predicted molar refractivity (Wildman–Crippen MR) is 199 cm³/mol. The van der Waals surface area contributed by atoms with Crippen LogP contribution < -0.4 is 0 Å². The van der Waals surface area contributed by atoms with Crippen molar-refractivity contribution in [3.05, 3.63) is 170 Å². The first kappa shape index (κ1) is 26.0. The van der Waals surface area contributed by atoms with Gasteiger partial charge in [-0.2, -0.15) is 0 Å². The molecule has 0 unspecified atom stereocenters. The van der Waals surface area contributed by atoms with E-state index in [1.165, 1.54) is 76.6 Å². The van der Waals surface area contributed by atoms with Crippen molar-refractivity contribution in [2.24, 2.45) is 0 Å². The Morgan fingerprint density at radius 3 is 1.57 bits per heavy atom. The number of hydrogen-bond donors (Lipinski definition) is 0. The largest absolute Gasteiger partial charge is 0.306 e. The van der Waals surface area contributed by atoms with E-state index < -0.39 is 0 Å². The van der Waals surface area contributed by atoms with E-state index in [0.29, 0.717) is 0 Å². The molecule has 2 aromatic heterocycles. The maximum absolute atomic E-state index is 4.89. The molecule has 0 spiro atoms. The molecule has 0 aliphatic rings. The van der Waals surface area contributed by atoms with Gasteiger partial charge in [-0.05, 0) is 90.5 Å². The molecule has 0 aliphatic heterocycles. The van der Waals surface area contributed by atoms with Gasteiger partial charge in [-0.25, -0.2) is 0 Å². The summed E-state index contributed by atoms with van der Waals surface area (Å²) in [6.07, 6.45) is 2.04. The molecule has 10 aromatic rings. The molecule has 0 bridgehead atoms. The van der Waals surface area contributed by atoms with Crippen LogP contribution in [0.15, 0.2) is 170 Å². The zero-order chi connectivity index (χ0) is 30.9. The summed E-state index contributed by atoms with van der Waals surface area (Å²) in [7, 11) is 0. The van der Waals surface area contributed by atoms with Crippen LogP contribution in [0.2, 0.25) is 0 Å². The number of fused-ring (bicyclic) bond motifs is 8. The standard InChI is InChI=1S/C45H28N2/c1-2-13-30-26-33(25-24-29(30)12-1)44-36-18-5-3-16-34(36)43(35-17-4-6-19-37(35)44)31-14-11-15-32(27-31)45-38-20-7-9-22-40(38)47-41-23-10-8-21-39(41)46-28-42(45)47/h1-28H. The van der Waals surface area contributed by atoms with Crippen molar-refractivity contribution in [1.29, 1.82) is 0 Å². The van der Waals surface area contributed by atoms with E-state index in [-0.39, 0.29) is 0 Å². The summed E-state index contributed by atoms with van der Waals surface area (Å²) in [6, 6.07) is 59.5. The van der Waals surface area contributed by atoms with Crippen molar-refractivity contribution < 1.29 is 0 Å². The molecular weight excluding hydrogens is 569 g/mol. The van der Waals surface area contributed by atoms with Crippen LogP contribution in [0.1, 0.15) is 0 Å². The minimum atomic E-state index is 0.991. The summed E-state index contributed by atoms with van der Waals surface area (Å²) >= 11 is 0. The quantitative estimate of drug-likeness (QED) is 0.185. The number of nitrogens with zero attached hydrogens (tertiary/aromatic N) is 2. The Hall–Kier alpha value is -6.25. The van der Waals surface area contributed by atoms with Crippen LogP contribution in [-0.4, -0.2) is 9.38 Å². The average molecular weight is 597 g/mol. The lowest BCUT2D eigenvalue weighted by Gasteiger charge is -2.18. The van der Waals surface area contributed by atoms with Crippen LogP contribution in [0.4, 0.5) is 0 Å². The predicted octanol–water partition coefficient (Wildman–Crippen LogP) is 12.1. The number of para-hydroxylation sites is 3.